The van der Waals surface area contributed by atoms with Crippen LogP contribution in [0.15, 0.2) is 30.3 Å². The van der Waals surface area contributed by atoms with E-state index in [-0.39, 0.29) is 0 Å². The first-order valence-corrected chi connectivity index (χ1v) is 5.59. The van der Waals surface area contributed by atoms with E-state index in [1.54, 1.807) is 0 Å². The Hall–Kier alpha value is -1.30. The van der Waals surface area contributed by atoms with Crippen molar-refractivity contribution >= 4 is 10.8 Å². The van der Waals surface area contributed by atoms with Crippen molar-refractivity contribution in [1.82, 2.24) is 0 Å². The normalized spacial score (nSPS) is 11.3. The lowest BCUT2D eigenvalue weighted by Gasteiger charge is -2.10. The monoisotopic (exact) mass is 198 g/mol. The molecule has 0 N–H and O–H groups in total. The van der Waals surface area contributed by atoms with Gasteiger partial charge in [0.05, 0.1) is 0 Å². The third kappa shape index (κ3) is 1.77. The quantitative estimate of drug-likeness (QED) is 0.629. The number of hydrogen-bond donors (Lipinski definition) is 0. The lowest BCUT2D eigenvalue weighted by atomic mass is 9.95. The van der Waals surface area contributed by atoms with Crippen molar-refractivity contribution in [3.05, 3.63) is 47.0 Å². The molecule has 0 fully saturated rings. The third-order valence-corrected chi connectivity index (χ3v) is 3.14. The van der Waals surface area contributed by atoms with Gasteiger partial charge in [-0.2, -0.15) is 0 Å². The van der Waals surface area contributed by atoms with E-state index >= 15 is 0 Å². The molecule has 0 nitrogen and oxygen atoms in total. The summed E-state index contributed by atoms with van der Waals surface area (Å²) in [6.45, 7) is 8.85. The Kier molecular flexibility index (Phi) is 2.52. The molecular formula is C15H18. The van der Waals surface area contributed by atoms with Crippen LogP contribution in [0.25, 0.3) is 10.8 Å². The minimum absolute atomic E-state index is 0.606. The van der Waals surface area contributed by atoms with Crippen molar-refractivity contribution in [1.29, 1.82) is 0 Å². The Balaban J connectivity index is 2.76. The van der Waals surface area contributed by atoms with Gasteiger partial charge < -0.3 is 0 Å². The van der Waals surface area contributed by atoms with Gasteiger partial charge in [-0.1, -0.05) is 44.2 Å². The molecular weight excluding hydrogens is 180 g/mol. The minimum Gasteiger partial charge on any atom is -0.0587 e. The Morgan fingerprint density at radius 3 is 2.00 bits per heavy atom. The first kappa shape index (κ1) is 10.2. The second-order valence-electron chi connectivity index (χ2n) is 4.66. The highest BCUT2D eigenvalue weighted by atomic mass is 14.1. The van der Waals surface area contributed by atoms with Gasteiger partial charge in [-0.05, 0) is 47.2 Å². The zero-order valence-corrected chi connectivity index (χ0v) is 9.96. The van der Waals surface area contributed by atoms with E-state index in [0.717, 1.165) is 0 Å². The molecule has 0 atom stereocenters. The van der Waals surface area contributed by atoms with E-state index in [1.807, 2.05) is 0 Å². The highest BCUT2D eigenvalue weighted by Gasteiger charge is 2.04. The molecule has 2 rings (SSSR count). The molecule has 0 bridgehead atoms. The molecule has 0 saturated heterocycles. The molecule has 0 aliphatic heterocycles. The van der Waals surface area contributed by atoms with Crippen molar-refractivity contribution < 1.29 is 0 Å². The first-order chi connectivity index (χ1) is 7.09. The van der Waals surface area contributed by atoms with Crippen LogP contribution in [0.1, 0.15) is 36.5 Å². The Labute approximate surface area is 91.9 Å². The average Bonchev–Trinajstić information content (AvgIpc) is 2.23. The van der Waals surface area contributed by atoms with Crippen molar-refractivity contribution in [3.8, 4) is 0 Å². The van der Waals surface area contributed by atoms with Crippen molar-refractivity contribution in [3.63, 3.8) is 0 Å². The molecule has 0 heterocycles. The average molecular weight is 198 g/mol. The number of fused-ring (bicyclic) bond motifs is 1. The molecule has 0 unspecified atom stereocenters. The zero-order valence-electron chi connectivity index (χ0n) is 9.96. The van der Waals surface area contributed by atoms with E-state index in [1.165, 1.54) is 27.5 Å². The fraction of sp³-hybridized carbons (Fsp3) is 0.333. The second-order valence-corrected chi connectivity index (χ2v) is 4.66. The number of hydrogen-bond acceptors (Lipinski definition) is 0. The van der Waals surface area contributed by atoms with Crippen LogP contribution < -0.4 is 0 Å². The predicted octanol–water partition coefficient (Wildman–Crippen LogP) is 4.58. The van der Waals surface area contributed by atoms with Gasteiger partial charge >= 0.3 is 0 Å². The van der Waals surface area contributed by atoms with Gasteiger partial charge in [-0.15, -0.1) is 0 Å². The molecule has 0 aliphatic carbocycles. The maximum atomic E-state index is 2.34. The molecule has 0 amide bonds. The van der Waals surface area contributed by atoms with Crippen LogP contribution in [0.4, 0.5) is 0 Å². The van der Waals surface area contributed by atoms with Gasteiger partial charge in [0.2, 0.25) is 0 Å². The van der Waals surface area contributed by atoms with Crippen LogP contribution in [0, 0.1) is 13.8 Å². The van der Waals surface area contributed by atoms with Gasteiger partial charge in [0.15, 0.2) is 0 Å². The van der Waals surface area contributed by atoms with Gasteiger partial charge in [0.25, 0.3) is 0 Å². The van der Waals surface area contributed by atoms with Gasteiger partial charge in [-0.3, -0.25) is 0 Å². The molecule has 0 saturated carbocycles. The second kappa shape index (κ2) is 3.69. The maximum Gasteiger partial charge on any atom is -0.0149 e. The lowest BCUT2D eigenvalue weighted by Crippen LogP contribution is -1.89. The Bertz CT molecular complexity index is 493. The standard InChI is InChI=1S/C15H18/c1-10(2)13-7-8-14-11(3)5-6-12(4)15(14)9-13/h5-10H,1-4H3. The van der Waals surface area contributed by atoms with Crippen LogP contribution in [-0.2, 0) is 0 Å². The zero-order chi connectivity index (χ0) is 11.0. The predicted molar refractivity (Wildman–Crippen MR) is 67.5 cm³/mol. The van der Waals surface area contributed by atoms with Crippen LogP contribution >= 0.6 is 0 Å². The van der Waals surface area contributed by atoms with Crippen LogP contribution in [0.5, 0.6) is 0 Å². The highest BCUT2D eigenvalue weighted by Crippen LogP contribution is 2.26. The number of benzene rings is 2. The molecule has 2 aromatic rings. The summed E-state index contributed by atoms with van der Waals surface area (Å²) in [4.78, 5) is 0. The SMILES string of the molecule is Cc1ccc(C)c2cc(C(C)C)ccc12. The smallest absolute Gasteiger partial charge is 0.0149 e. The fourth-order valence-electron chi connectivity index (χ4n) is 2.02. The summed E-state index contributed by atoms with van der Waals surface area (Å²) in [5, 5.41) is 2.79. The summed E-state index contributed by atoms with van der Waals surface area (Å²) in [6.07, 6.45) is 0. The fourth-order valence-corrected chi connectivity index (χ4v) is 2.02. The van der Waals surface area contributed by atoms with Crippen molar-refractivity contribution in [2.24, 2.45) is 0 Å². The summed E-state index contributed by atoms with van der Waals surface area (Å²) in [7, 11) is 0. The van der Waals surface area contributed by atoms with Crippen LogP contribution in [-0.4, -0.2) is 0 Å². The highest BCUT2D eigenvalue weighted by molar-refractivity contribution is 5.89. The Morgan fingerprint density at radius 1 is 0.800 bits per heavy atom. The summed E-state index contributed by atoms with van der Waals surface area (Å²) in [5.41, 5.74) is 4.17. The Morgan fingerprint density at radius 2 is 1.40 bits per heavy atom. The maximum absolute atomic E-state index is 2.34. The van der Waals surface area contributed by atoms with E-state index in [0.29, 0.717) is 5.92 Å². The largest absolute Gasteiger partial charge is 0.0587 e. The molecule has 0 heteroatoms. The molecule has 0 aliphatic rings. The summed E-state index contributed by atoms with van der Waals surface area (Å²) < 4.78 is 0. The number of aryl methyl sites for hydroxylation is 2. The van der Waals surface area contributed by atoms with E-state index in [2.05, 4.69) is 58.0 Å². The summed E-state index contributed by atoms with van der Waals surface area (Å²) in [6, 6.07) is 11.3. The number of rotatable bonds is 1. The minimum atomic E-state index is 0.606. The van der Waals surface area contributed by atoms with E-state index in [4.69, 9.17) is 0 Å². The van der Waals surface area contributed by atoms with Gasteiger partial charge in [-0.25, -0.2) is 0 Å². The van der Waals surface area contributed by atoms with E-state index in [9.17, 15) is 0 Å². The topological polar surface area (TPSA) is 0 Å². The molecule has 0 radical (unpaired) electrons. The van der Waals surface area contributed by atoms with Crippen molar-refractivity contribution in [2.75, 3.05) is 0 Å². The summed E-state index contributed by atoms with van der Waals surface area (Å²) in [5.74, 6) is 0.606. The third-order valence-electron chi connectivity index (χ3n) is 3.14. The van der Waals surface area contributed by atoms with Crippen LogP contribution in [0.2, 0.25) is 0 Å². The van der Waals surface area contributed by atoms with Gasteiger partial charge in [0, 0.05) is 0 Å². The molecule has 15 heavy (non-hydrogen) atoms. The van der Waals surface area contributed by atoms with Crippen molar-refractivity contribution in [2.45, 2.75) is 33.6 Å². The first-order valence-electron chi connectivity index (χ1n) is 5.59. The van der Waals surface area contributed by atoms with Gasteiger partial charge in [0.1, 0.15) is 0 Å². The molecule has 0 aromatic heterocycles. The summed E-state index contributed by atoms with van der Waals surface area (Å²) >= 11 is 0. The van der Waals surface area contributed by atoms with E-state index < -0.39 is 0 Å². The lowest BCUT2D eigenvalue weighted by molar-refractivity contribution is 0.868. The van der Waals surface area contributed by atoms with Crippen LogP contribution in [0.3, 0.4) is 0 Å². The molecule has 2 aromatic carbocycles. The molecule has 0 spiro atoms. The molecule has 78 valence electrons.